The van der Waals surface area contributed by atoms with E-state index in [1.54, 1.807) is 49.4 Å². The molecule has 0 bridgehead atoms. The van der Waals surface area contributed by atoms with Gasteiger partial charge in [0.1, 0.15) is 17.8 Å². The van der Waals surface area contributed by atoms with E-state index < -0.39 is 34.9 Å². The zero-order valence-corrected chi connectivity index (χ0v) is 42.5. The van der Waals surface area contributed by atoms with E-state index in [9.17, 15) is 29.1 Å². The van der Waals surface area contributed by atoms with Gasteiger partial charge >= 0.3 is 0 Å². The van der Waals surface area contributed by atoms with Crippen LogP contribution in [0.5, 0.6) is 5.75 Å². The summed E-state index contributed by atoms with van der Waals surface area (Å²) >= 11 is 0. The quantitative estimate of drug-likeness (QED) is 0.0759. The maximum Gasteiger partial charge on any atom is 0.293 e. The van der Waals surface area contributed by atoms with Crippen molar-refractivity contribution in [2.75, 3.05) is 54.0 Å². The van der Waals surface area contributed by atoms with Crippen LogP contribution in [-0.2, 0) is 52.8 Å². The number of carbonyl (C=O) groups excluding carboxylic acids is 5. The summed E-state index contributed by atoms with van der Waals surface area (Å²) in [6, 6.07) is 13.5. The van der Waals surface area contributed by atoms with Gasteiger partial charge in [-0.15, -0.1) is 0 Å². The van der Waals surface area contributed by atoms with E-state index in [1.807, 2.05) is 52.8 Å². The average molecular weight is 951 g/mol. The molecule has 2 saturated heterocycles. The molecule has 16 heteroatoms. The number of methoxy groups -OCH3 is 1. The molecular weight excluding hydrogens is 877 g/mol. The number of carbonyl (C=O) groups is 5. The highest BCUT2D eigenvalue weighted by molar-refractivity contribution is 5.96. The standard InChI is InChI=1S/C53H74N8O8/c1-12-60-44-18-17-36(28-41(44)42(29-52(5,6)31-69-32-62)47(60)40-16-15-20-55-45(40)34(4)68-11)38-24-35(25-39(63)27-38)26-43(50(66)61-22-14-13-21-56-61)57-48(64)46(33(2)3)58(10)49(65)37-19-23-59(30-37)51(67)53(7,8)54-9/h15-18,20,24-25,27-28,32-34,37,43,46,54,56,63H,12-14,19,21-23,26,29-31H2,1-11H3,(H,57,64). The minimum Gasteiger partial charge on any atom is -0.508 e. The van der Waals surface area contributed by atoms with Crippen LogP contribution in [0.3, 0.4) is 0 Å². The molecule has 6 rings (SSSR count). The summed E-state index contributed by atoms with van der Waals surface area (Å²) in [6.45, 7) is 18.7. The van der Waals surface area contributed by atoms with Crippen molar-refractivity contribution >= 4 is 41.0 Å². The van der Waals surface area contributed by atoms with Gasteiger partial charge in [-0.1, -0.05) is 39.8 Å². The molecule has 2 aliphatic rings. The zero-order valence-electron chi connectivity index (χ0n) is 42.5. The summed E-state index contributed by atoms with van der Waals surface area (Å²) in [4.78, 5) is 75.6. The van der Waals surface area contributed by atoms with Gasteiger partial charge in [0.15, 0.2) is 0 Å². The second-order valence-corrected chi connectivity index (χ2v) is 20.4. The molecule has 4 aromatic rings. The van der Waals surface area contributed by atoms with Gasteiger partial charge in [0, 0.05) is 81.4 Å². The summed E-state index contributed by atoms with van der Waals surface area (Å²) in [6.07, 6.45) is 4.29. The number of ether oxygens (including phenoxy) is 2. The Labute approximate surface area is 407 Å². The van der Waals surface area contributed by atoms with Crippen LogP contribution in [0.25, 0.3) is 33.3 Å². The Morgan fingerprint density at radius 2 is 1.78 bits per heavy atom. The molecule has 4 amide bonds. The normalized spacial score (nSPS) is 16.9. The number of aryl methyl sites for hydroxylation is 1. The van der Waals surface area contributed by atoms with Crippen LogP contribution in [-0.4, -0.2) is 131 Å². The largest absolute Gasteiger partial charge is 0.508 e. The summed E-state index contributed by atoms with van der Waals surface area (Å²) < 4.78 is 13.4. The van der Waals surface area contributed by atoms with Crippen molar-refractivity contribution in [1.82, 2.24) is 40.4 Å². The molecule has 2 aliphatic heterocycles. The highest BCUT2D eigenvalue weighted by atomic mass is 16.5. The number of likely N-dealkylation sites (tertiary alicyclic amines) is 1. The van der Waals surface area contributed by atoms with Gasteiger partial charge in [0.05, 0.1) is 35.6 Å². The van der Waals surface area contributed by atoms with Crippen LogP contribution in [0, 0.1) is 17.3 Å². The minimum atomic E-state index is -1.04. The smallest absolute Gasteiger partial charge is 0.293 e. The predicted molar refractivity (Wildman–Crippen MR) is 267 cm³/mol. The number of nitrogens with zero attached hydrogens (tertiary/aromatic N) is 5. The number of nitrogens with one attached hydrogen (secondary N) is 3. The fourth-order valence-corrected chi connectivity index (χ4v) is 9.98. The van der Waals surface area contributed by atoms with E-state index >= 15 is 0 Å². The predicted octanol–water partition coefficient (Wildman–Crippen LogP) is 6.03. The number of fused-ring (bicyclic) bond motifs is 1. The molecule has 4 atom stereocenters. The van der Waals surface area contributed by atoms with Crippen molar-refractivity contribution in [2.24, 2.45) is 17.3 Å². The Morgan fingerprint density at radius 1 is 1.03 bits per heavy atom. The molecule has 2 aromatic carbocycles. The van der Waals surface area contributed by atoms with Crippen LogP contribution in [0.4, 0.5) is 0 Å². The Kier molecular flexibility index (Phi) is 17.0. The number of benzene rings is 2. The highest BCUT2D eigenvalue weighted by Gasteiger charge is 2.41. The monoisotopic (exact) mass is 951 g/mol. The number of aromatic nitrogens is 2. The first-order valence-electron chi connectivity index (χ1n) is 24.4. The number of likely N-dealkylation sites (N-methyl/N-ethyl adjacent to an activating group) is 2. The zero-order chi connectivity index (χ0) is 50.4. The van der Waals surface area contributed by atoms with Gasteiger partial charge in [0.25, 0.3) is 12.4 Å². The summed E-state index contributed by atoms with van der Waals surface area (Å²) in [5.74, 6) is -1.89. The number of pyridine rings is 1. The maximum atomic E-state index is 14.5. The van der Waals surface area contributed by atoms with E-state index in [0.29, 0.717) is 56.6 Å². The Morgan fingerprint density at radius 3 is 2.43 bits per heavy atom. The van der Waals surface area contributed by atoms with Crippen LogP contribution < -0.4 is 16.1 Å². The number of aromatic hydroxyl groups is 1. The summed E-state index contributed by atoms with van der Waals surface area (Å²) in [5.41, 5.74) is 8.92. The Bertz CT molecular complexity index is 2490. The molecule has 4 unspecified atom stereocenters. The third-order valence-electron chi connectivity index (χ3n) is 13.9. The van der Waals surface area contributed by atoms with E-state index in [1.165, 1.54) is 4.90 Å². The highest BCUT2D eigenvalue weighted by Crippen LogP contribution is 2.42. The molecule has 0 saturated carbocycles. The number of amides is 4. The summed E-state index contributed by atoms with van der Waals surface area (Å²) in [5, 5.41) is 20.0. The molecule has 0 radical (unpaired) electrons. The lowest BCUT2D eigenvalue weighted by molar-refractivity contribution is -0.146. The van der Waals surface area contributed by atoms with Crippen LogP contribution in [0.15, 0.2) is 54.7 Å². The van der Waals surface area contributed by atoms with E-state index in [4.69, 9.17) is 14.5 Å². The molecule has 2 fully saturated rings. The summed E-state index contributed by atoms with van der Waals surface area (Å²) in [7, 11) is 5.02. The molecule has 0 spiro atoms. The number of phenolic OH excluding ortho intramolecular Hbond substituents is 1. The molecule has 69 heavy (non-hydrogen) atoms. The Balaban J connectivity index is 1.36. The first-order chi connectivity index (χ1) is 32.7. The molecule has 2 aromatic heterocycles. The van der Waals surface area contributed by atoms with Gasteiger partial charge in [-0.2, -0.15) is 0 Å². The van der Waals surface area contributed by atoms with Crippen molar-refractivity contribution in [1.29, 1.82) is 0 Å². The van der Waals surface area contributed by atoms with Crippen LogP contribution >= 0.6 is 0 Å². The van der Waals surface area contributed by atoms with Crippen molar-refractivity contribution in [3.8, 4) is 28.1 Å². The second-order valence-electron chi connectivity index (χ2n) is 20.4. The molecule has 0 aliphatic carbocycles. The number of hydrogen-bond acceptors (Lipinski definition) is 11. The topological polar surface area (TPSA) is 188 Å². The van der Waals surface area contributed by atoms with Gasteiger partial charge in [-0.05, 0) is 125 Å². The number of rotatable bonds is 20. The number of hydrogen-bond donors (Lipinski definition) is 4. The minimum absolute atomic E-state index is 0.00320. The van der Waals surface area contributed by atoms with Crippen LogP contribution in [0.2, 0.25) is 0 Å². The number of phenols is 1. The van der Waals surface area contributed by atoms with Crippen LogP contribution in [0.1, 0.15) is 97.6 Å². The molecule has 4 N–H and O–H groups in total. The first kappa shape index (κ1) is 52.5. The van der Waals surface area contributed by atoms with Crippen molar-refractivity contribution < 1.29 is 38.6 Å². The second kappa shape index (κ2) is 22.3. The van der Waals surface area contributed by atoms with Crippen molar-refractivity contribution in [3.05, 3.63) is 71.5 Å². The fourth-order valence-electron chi connectivity index (χ4n) is 9.98. The van der Waals surface area contributed by atoms with Crippen molar-refractivity contribution in [3.63, 3.8) is 0 Å². The maximum absolute atomic E-state index is 14.5. The molecular formula is C53H74N8O8. The van der Waals surface area contributed by atoms with E-state index in [-0.39, 0.29) is 55.1 Å². The fraction of sp³-hybridized carbons (Fsp3) is 0.547. The van der Waals surface area contributed by atoms with Gasteiger partial charge in [-0.3, -0.25) is 34.0 Å². The van der Waals surface area contributed by atoms with E-state index in [2.05, 4.69) is 59.6 Å². The third kappa shape index (κ3) is 11.8. The average Bonchev–Trinajstić information content (AvgIpc) is 3.94. The molecule has 374 valence electrons. The van der Waals surface area contributed by atoms with Gasteiger partial charge < -0.3 is 39.6 Å². The van der Waals surface area contributed by atoms with Crippen molar-refractivity contribution in [2.45, 2.75) is 118 Å². The van der Waals surface area contributed by atoms with E-state index in [0.717, 1.165) is 51.8 Å². The third-order valence-corrected chi connectivity index (χ3v) is 13.9. The molecule has 4 heterocycles. The van der Waals surface area contributed by atoms with Gasteiger partial charge in [0.2, 0.25) is 17.7 Å². The number of hydrazine groups is 1. The molecule has 16 nitrogen and oxygen atoms in total. The lowest BCUT2D eigenvalue weighted by Crippen LogP contribution is -2.59. The lowest BCUT2D eigenvalue weighted by Gasteiger charge is -2.35. The Hall–Kier alpha value is -5.84. The van der Waals surface area contributed by atoms with Gasteiger partial charge in [-0.25, -0.2) is 5.43 Å². The lowest BCUT2D eigenvalue weighted by atomic mass is 9.84. The first-order valence-corrected chi connectivity index (χ1v) is 24.4. The SMILES string of the molecule is CCn1c(-c2cccnc2C(C)OC)c(CC(C)(C)COC=O)c2cc(-c3cc(O)cc(CC(NC(=O)C(C(C)C)N(C)C(=O)C4CCN(C(=O)C(C)(C)NC)C4)C(=O)N4CCCCN4)c3)ccc21.